The van der Waals surface area contributed by atoms with Gasteiger partial charge in [-0.1, -0.05) is 56.3 Å². The van der Waals surface area contributed by atoms with Crippen LogP contribution in [0.15, 0.2) is 59.7 Å². The summed E-state index contributed by atoms with van der Waals surface area (Å²) in [6, 6.07) is 15.3. The van der Waals surface area contributed by atoms with Crippen LogP contribution in [0.1, 0.15) is 79.7 Å². The third kappa shape index (κ3) is 9.10. The van der Waals surface area contributed by atoms with Crippen molar-refractivity contribution in [3.8, 4) is 0 Å². The summed E-state index contributed by atoms with van der Waals surface area (Å²) in [5.41, 5.74) is 6.01. The predicted molar refractivity (Wildman–Crippen MR) is 158 cm³/mol. The first-order valence-electron chi connectivity index (χ1n) is 14.2. The number of aliphatic hydroxyl groups excluding tert-OH is 1. The Bertz CT molecular complexity index is 1080. The van der Waals surface area contributed by atoms with E-state index in [9.17, 15) is 9.90 Å². The van der Waals surface area contributed by atoms with Crippen LogP contribution in [-0.4, -0.2) is 54.5 Å². The zero-order valence-electron chi connectivity index (χ0n) is 23.6. The molecule has 38 heavy (non-hydrogen) atoms. The Morgan fingerprint density at radius 3 is 2.58 bits per heavy atom. The Morgan fingerprint density at radius 1 is 1.16 bits per heavy atom. The number of aliphatic hydroxyl groups is 1. The maximum Gasteiger partial charge on any atom is 0.209 e. The fourth-order valence-corrected chi connectivity index (χ4v) is 4.80. The number of carbonyl (C=O) groups excluding carboxylic acids is 1. The minimum atomic E-state index is -0.570. The molecule has 1 amide bonds. The normalized spacial score (nSPS) is 15.4. The molecule has 2 unspecified atom stereocenters. The van der Waals surface area contributed by atoms with E-state index in [4.69, 9.17) is 4.99 Å². The third-order valence-electron chi connectivity index (χ3n) is 7.20. The van der Waals surface area contributed by atoms with E-state index in [0.717, 1.165) is 56.5 Å². The number of hydrogen-bond acceptors (Lipinski definition) is 4. The predicted octanol–water partition coefficient (Wildman–Crippen LogP) is 5.08. The van der Waals surface area contributed by atoms with Gasteiger partial charge in [0.25, 0.3) is 0 Å². The van der Waals surface area contributed by atoms with Crippen molar-refractivity contribution in [2.75, 3.05) is 20.1 Å². The molecule has 0 aromatic heterocycles. The summed E-state index contributed by atoms with van der Waals surface area (Å²) in [5, 5.41) is 17.4. The van der Waals surface area contributed by atoms with Crippen LogP contribution in [0.5, 0.6) is 0 Å². The lowest BCUT2D eigenvalue weighted by molar-refractivity contribution is -0.119. The summed E-state index contributed by atoms with van der Waals surface area (Å²) < 4.78 is 0. The van der Waals surface area contributed by atoms with E-state index >= 15 is 0 Å². The van der Waals surface area contributed by atoms with E-state index in [2.05, 4.69) is 67.8 Å². The van der Waals surface area contributed by atoms with E-state index < -0.39 is 6.10 Å². The first-order chi connectivity index (χ1) is 18.5. The summed E-state index contributed by atoms with van der Waals surface area (Å²) in [5.74, 6) is 1.09. The Balaban J connectivity index is 1.68. The monoisotopic (exact) mass is 518 g/mol. The van der Waals surface area contributed by atoms with Gasteiger partial charge in [-0.2, -0.15) is 0 Å². The van der Waals surface area contributed by atoms with Crippen molar-refractivity contribution in [3.05, 3.63) is 82.6 Å². The van der Waals surface area contributed by atoms with Crippen molar-refractivity contribution < 1.29 is 9.90 Å². The minimum Gasteiger partial charge on any atom is -0.391 e. The summed E-state index contributed by atoms with van der Waals surface area (Å²) >= 11 is 0. The fourth-order valence-electron chi connectivity index (χ4n) is 4.80. The second-order valence-corrected chi connectivity index (χ2v) is 10.4. The van der Waals surface area contributed by atoms with Crippen LogP contribution in [0.2, 0.25) is 0 Å². The second kappa shape index (κ2) is 15.5. The molecule has 0 bridgehead atoms. The lowest BCUT2D eigenvalue weighted by Crippen LogP contribution is -2.35. The summed E-state index contributed by atoms with van der Waals surface area (Å²) in [6.45, 7) is 8.13. The summed E-state index contributed by atoms with van der Waals surface area (Å²) in [7, 11) is 1.94. The number of amides is 1. The molecule has 1 aliphatic carbocycles. The maximum absolute atomic E-state index is 12.0. The van der Waals surface area contributed by atoms with Crippen molar-refractivity contribution in [2.24, 2.45) is 4.99 Å². The van der Waals surface area contributed by atoms with Crippen LogP contribution in [0.3, 0.4) is 0 Å². The summed E-state index contributed by atoms with van der Waals surface area (Å²) in [4.78, 5) is 18.7. The Morgan fingerprint density at radius 2 is 1.92 bits per heavy atom. The second-order valence-electron chi connectivity index (χ2n) is 10.4. The van der Waals surface area contributed by atoms with Crippen molar-refractivity contribution in [1.82, 2.24) is 15.5 Å². The van der Waals surface area contributed by atoms with Gasteiger partial charge in [-0.3, -0.25) is 9.79 Å². The van der Waals surface area contributed by atoms with Gasteiger partial charge in [-0.05, 0) is 87.0 Å². The van der Waals surface area contributed by atoms with E-state index in [-0.39, 0.29) is 5.92 Å². The number of amidine groups is 1. The van der Waals surface area contributed by atoms with Crippen LogP contribution in [-0.2, 0) is 17.8 Å². The number of nitrogens with one attached hydrogen (secondary N) is 2. The van der Waals surface area contributed by atoms with Gasteiger partial charge < -0.3 is 20.6 Å². The highest BCUT2D eigenvalue weighted by Gasteiger charge is 2.23. The van der Waals surface area contributed by atoms with Crippen molar-refractivity contribution in [2.45, 2.75) is 83.9 Å². The summed E-state index contributed by atoms with van der Waals surface area (Å²) in [6.07, 6.45) is 9.96. The molecule has 2 aromatic rings. The number of benzene rings is 2. The first kappa shape index (κ1) is 29.6. The average molecular weight is 519 g/mol. The van der Waals surface area contributed by atoms with Crippen molar-refractivity contribution in [3.63, 3.8) is 0 Å². The number of hydrogen-bond donors (Lipinski definition) is 3. The molecule has 6 heteroatoms. The SMILES string of the molecule is CC/C=C/NC(=NC1CC1)c1ccc(C)c(C(CC)CN(C=O)CC(O)CCc2ccccc2CNC)c1. The van der Waals surface area contributed by atoms with E-state index in [1.165, 1.54) is 22.3 Å². The average Bonchev–Trinajstić information content (AvgIpc) is 3.75. The highest BCUT2D eigenvalue weighted by atomic mass is 16.3. The molecule has 0 radical (unpaired) electrons. The smallest absolute Gasteiger partial charge is 0.209 e. The molecule has 1 saturated carbocycles. The number of carbonyl (C=O) groups is 1. The number of nitrogens with zero attached hydrogens (tertiary/aromatic N) is 2. The highest BCUT2D eigenvalue weighted by Crippen LogP contribution is 2.28. The van der Waals surface area contributed by atoms with Crippen LogP contribution in [0.4, 0.5) is 0 Å². The van der Waals surface area contributed by atoms with Gasteiger partial charge >= 0.3 is 0 Å². The molecule has 2 aromatic carbocycles. The number of allylic oxidation sites excluding steroid dienone is 1. The van der Waals surface area contributed by atoms with Gasteiger partial charge in [0, 0.05) is 31.1 Å². The standard InChI is InChI=1S/C32H46N4O2/c1-5-7-18-34-32(35-29-15-16-29)27-13-12-24(3)31(19-27)25(6-2)21-36(23-37)22-30(38)17-14-26-10-8-9-11-28(26)20-33-4/h7-13,18-19,23,25,29-30,33,38H,5-6,14-17,20-22H2,1-4H3,(H,34,35)/b18-7+. The van der Waals surface area contributed by atoms with Gasteiger partial charge in [-0.25, -0.2) is 0 Å². The van der Waals surface area contributed by atoms with Gasteiger partial charge in [-0.15, -0.1) is 0 Å². The quantitative estimate of drug-likeness (QED) is 0.165. The molecule has 2 atom stereocenters. The zero-order valence-corrected chi connectivity index (χ0v) is 23.6. The third-order valence-corrected chi connectivity index (χ3v) is 7.20. The van der Waals surface area contributed by atoms with Crippen LogP contribution < -0.4 is 10.6 Å². The molecular weight excluding hydrogens is 472 g/mol. The van der Waals surface area contributed by atoms with E-state index in [1.54, 1.807) is 4.90 Å². The first-order valence-corrected chi connectivity index (χ1v) is 14.2. The largest absolute Gasteiger partial charge is 0.391 e. The molecule has 3 rings (SSSR count). The highest BCUT2D eigenvalue weighted by molar-refractivity contribution is 5.99. The lowest BCUT2D eigenvalue weighted by atomic mass is 9.90. The van der Waals surface area contributed by atoms with Gasteiger partial charge in [0.2, 0.25) is 6.41 Å². The Labute approximate surface area is 229 Å². The van der Waals surface area contributed by atoms with Crippen molar-refractivity contribution in [1.29, 1.82) is 0 Å². The topological polar surface area (TPSA) is 77.0 Å². The number of rotatable bonds is 16. The fraction of sp³-hybridized carbons (Fsp3) is 0.500. The van der Waals surface area contributed by atoms with Crippen LogP contribution in [0.25, 0.3) is 0 Å². The molecule has 0 saturated heterocycles. The number of aryl methyl sites for hydroxylation is 2. The minimum absolute atomic E-state index is 0.178. The Kier molecular flexibility index (Phi) is 12.0. The number of aliphatic imine (C=N–C) groups is 1. The molecule has 0 aliphatic heterocycles. The lowest BCUT2D eigenvalue weighted by Gasteiger charge is -2.27. The molecule has 3 N–H and O–H groups in total. The van der Waals surface area contributed by atoms with Crippen LogP contribution in [0, 0.1) is 6.92 Å². The molecular formula is C32H46N4O2. The van der Waals surface area contributed by atoms with Gasteiger partial charge in [0.05, 0.1) is 12.1 Å². The molecule has 0 heterocycles. The van der Waals surface area contributed by atoms with Crippen molar-refractivity contribution >= 4 is 12.2 Å². The zero-order chi connectivity index (χ0) is 27.3. The molecule has 0 spiro atoms. The molecule has 6 nitrogen and oxygen atoms in total. The van der Waals surface area contributed by atoms with E-state index in [1.807, 2.05) is 25.4 Å². The van der Waals surface area contributed by atoms with Gasteiger partial charge in [0.1, 0.15) is 5.84 Å². The molecule has 206 valence electrons. The molecule has 1 fully saturated rings. The van der Waals surface area contributed by atoms with E-state index in [0.29, 0.717) is 25.6 Å². The maximum atomic E-state index is 12.0. The van der Waals surface area contributed by atoms with Gasteiger partial charge in [0.15, 0.2) is 0 Å². The van der Waals surface area contributed by atoms with Crippen LogP contribution >= 0.6 is 0 Å². The molecule has 1 aliphatic rings. The Hall–Kier alpha value is -2.96.